The zero-order chi connectivity index (χ0) is 19.8. The van der Waals surface area contributed by atoms with E-state index in [2.05, 4.69) is 31.7 Å². The number of carbonyl (C=O) groups is 1. The van der Waals surface area contributed by atoms with E-state index >= 15 is 0 Å². The minimum Gasteiger partial charge on any atom is -0.335 e. The van der Waals surface area contributed by atoms with E-state index in [0.717, 1.165) is 54.9 Å². The van der Waals surface area contributed by atoms with Crippen LogP contribution in [0.5, 0.6) is 0 Å². The summed E-state index contributed by atoms with van der Waals surface area (Å²) in [5.74, 6) is 2.51. The van der Waals surface area contributed by atoms with Gasteiger partial charge in [-0.15, -0.1) is 10.2 Å². The Kier molecular flexibility index (Phi) is 4.75. The van der Waals surface area contributed by atoms with E-state index in [9.17, 15) is 4.79 Å². The number of hydrogen-bond donors (Lipinski definition) is 0. The molecule has 1 amide bonds. The van der Waals surface area contributed by atoms with Crippen LogP contribution in [0.3, 0.4) is 0 Å². The highest BCUT2D eigenvalue weighted by atomic mass is 16.2. The summed E-state index contributed by atoms with van der Waals surface area (Å²) in [6.45, 7) is 4.23. The number of piperidine rings is 1. The van der Waals surface area contributed by atoms with Crippen LogP contribution < -0.4 is 0 Å². The second kappa shape index (κ2) is 7.55. The van der Waals surface area contributed by atoms with Gasteiger partial charge in [0.1, 0.15) is 17.3 Å². The first-order valence-corrected chi connectivity index (χ1v) is 10.4. The number of nitrogens with zero attached hydrogens (tertiary/aromatic N) is 6. The first kappa shape index (κ1) is 18.2. The summed E-state index contributed by atoms with van der Waals surface area (Å²) in [6, 6.07) is 9.88. The third-order valence-electron chi connectivity index (χ3n) is 6.21. The highest BCUT2D eigenvalue weighted by molar-refractivity contribution is 6.05. The first-order chi connectivity index (χ1) is 14.2. The van der Waals surface area contributed by atoms with E-state index in [1.165, 1.54) is 6.42 Å². The number of aromatic nitrogens is 4. The fourth-order valence-electron chi connectivity index (χ4n) is 4.67. The molecule has 1 aromatic carbocycles. The van der Waals surface area contributed by atoms with E-state index in [1.807, 2.05) is 35.2 Å². The zero-order valence-electron chi connectivity index (χ0n) is 16.8. The van der Waals surface area contributed by atoms with Crippen LogP contribution in [-0.4, -0.2) is 68.7 Å². The molecular weight excluding hydrogens is 364 g/mol. The Morgan fingerprint density at radius 1 is 1.07 bits per heavy atom. The Hall–Kier alpha value is -2.80. The highest BCUT2D eigenvalue weighted by Crippen LogP contribution is 2.26. The van der Waals surface area contributed by atoms with Gasteiger partial charge in [-0.1, -0.05) is 24.3 Å². The third-order valence-corrected chi connectivity index (χ3v) is 6.21. The predicted octanol–water partition coefficient (Wildman–Crippen LogP) is 2.33. The maximum atomic E-state index is 13.3. The lowest BCUT2D eigenvalue weighted by Gasteiger charge is -2.29. The molecule has 0 bridgehead atoms. The molecule has 1 atom stereocenters. The molecule has 0 unspecified atom stereocenters. The molecule has 5 rings (SSSR count). The molecular formula is C22H26N6O. The van der Waals surface area contributed by atoms with Crippen molar-refractivity contribution in [3.63, 3.8) is 0 Å². The lowest BCUT2D eigenvalue weighted by atomic mass is 9.97. The van der Waals surface area contributed by atoms with Crippen LogP contribution in [0.2, 0.25) is 0 Å². The van der Waals surface area contributed by atoms with Gasteiger partial charge in [-0.3, -0.25) is 9.78 Å². The standard InChI is InChI=1S/C22H26N6O/c1-26-11-4-6-17(15-26)21-25-24-19-9-12-27(13-14-28(19)21)22(29)20-18-7-3-2-5-16(18)8-10-23-20/h2-3,5,7-8,10,17H,4,6,9,11-15H2,1H3/t17-/m1/s1. The molecule has 4 heterocycles. The van der Waals surface area contributed by atoms with Crippen molar-refractivity contribution in [2.45, 2.75) is 31.7 Å². The van der Waals surface area contributed by atoms with E-state index in [4.69, 9.17) is 0 Å². The van der Waals surface area contributed by atoms with Crippen molar-refractivity contribution in [1.82, 2.24) is 29.5 Å². The summed E-state index contributed by atoms with van der Waals surface area (Å²) < 4.78 is 2.26. The maximum Gasteiger partial charge on any atom is 0.273 e. The zero-order valence-corrected chi connectivity index (χ0v) is 16.8. The smallest absolute Gasteiger partial charge is 0.273 e. The number of pyridine rings is 1. The molecule has 29 heavy (non-hydrogen) atoms. The number of rotatable bonds is 2. The second-order valence-electron chi connectivity index (χ2n) is 8.15. The van der Waals surface area contributed by atoms with Gasteiger partial charge < -0.3 is 14.4 Å². The Labute approximate surface area is 170 Å². The van der Waals surface area contributed by atoms with Crippen LogP contribution in [0.4, 0.5) is 0 Å². The van der Waals surface area contributed by atoms with Crippen LogP contribution >= 0.6 is 0 Å². The Balaban J connectivity index is 1.37. The Morgan fingerprint density at radius 3 is 2.86 bits per heavy atom. The molecule has 0 N–H and O–H groups in total. The average Bonchev–Trinajstić information content (AvgIpc) is 3.04. The number of carbonyl (C=O) groups excluding carboxylic acids is 1. The summed E-state index contributed by atoms with van der Waals surface area (Å²) in [7, 11) is 2.17. The number of benzene rings is 1. The molecule has 0 saturated carbocycles. The van der Waals surface area contributed by atoms with Gasteiger partial charge in [-0.2, -0.15) is 0 Å². The molecule has 150 valence electrons. The van der Waals surface area contributed by atoms with Crippen molar-refractivity contribution in [2.24, 2.45) is 0 Å². The van der Waals surface area contributed by atoms with Crippen molar-refractivity contribution < 1.29 is 4.79 Å². The molecule has 2 aliphatic heterocycles. The molecule has 2 aromatic heterocycles. The normalized spacial score (nSPS) is 20.4. The summed E-state index contributed by atoms with van der Waals surface area (Å²) in [4.78, 5) is 22.0. The van der Waals surface area contributed by atoms with Crippen LogP contribution in [0.25, 0.3) is 10.8 Å². The SMILES string of the molecule is CN1CCC[C@@H](c2nnc3n2CCN(C(=O)c2nccc4ccccc24)CC3)C1. The number of likely N-dealkylation sites (tertiary alicyclic amines) is 1. The number of fused-ring (bicyclic) bond motifs is 2. The van der Waals surface area contributed by atoms with Gasteiger partial charge in [0, 0.05) is 50.1 Å². The summed E-state index contributed by atoms with van der Waals surface area (Å²) in [5.41, 5.74) is 0.537. The maximum absolute atomic E-state index is 13.3. The monoisotopic (exact) mass is 390 g/mol. The third kappa shape index (κ3) is 3.40. The van der Waals surface area contributed by atoms with Gasteiger partial charge in [-0.25, -0.2) is 0 Å². The topological polar surface area (TPSA) is 67.2 Å². The van der Waals surface area contributed by atoms with Crippen LogP contribution in [0.1, 0.15) is 40.9 Å². The quantitative estimate of drug-likeness (QED) is 0.672. The van der Waals surface area contributed by atoms with Crippen molar-refractivity contribution in [3.8, 4) is 0 Å². The fourth-order valence-corrected chi connectivity index (χ4v) is 4.67. The van der Waals surface area contributed by atoms with Gasteiger partial charge in [-0.05, 0) is 37.9 Å². The summed E-state index contributed by atoms with van der Waals surface area (Å²) in [5, 5.41) is 11.0. The van der Waals surface area contributed by atoms with Gasteiger partial charge in [0.15, 0.2) is 0 Å². The molecule has 7 heteroatoms. The molecule has 0 radical (unpaired) electrons. The molecule has 3 aromatic rings. The van der Waals surface area contributed by atoms with Gasteiger partial charge in [0.2, 0.25) is 0 Å². The van der Waals surface area contributed by atoms with E-state index in [-0.39, 0.29) is 5.91 Å². The van der Waals surface area contributed by atoms with Crippen molar-refractivity contribution in [2.75, 3.05) is 33.2 Å². The van der Waals surface area contributed by atoms with Crippen LogP contribution in [0.15, 0.2) is 36.5 Å². The van der Waals surface area contributed by atoms with Crippen LogP contribution in [0, 0.1) is 0 Å². The van der Waals surface area contributed by atoms with Crippen molar-refractivity contribution >= 4 is 16.7 Å². The number of hydrogen-bond acceptors (Lipinski definition) is 5. The first-order valence-electron chi connectivity index (χ1n) is 10.4. The fraction of sp³-hybridized carbons (Fsp3) is 0.455. The Morgan fingerprint density at radius 2 is 1.97 bits per heavy atom. The van der Waals surface area contributed by atoms with Crippen molar-refractivity contribution in [3.05, 3.63) is 53.9 Å². The lowest BCUT2D eigenvalue weighted by Crippen LogP contribution is -2.35. The minimum atomic E-state index is -0.000498. The van der Waals surface area contributed by atoms with Crippen LogP contribution in [-0.2, 0) is 13.0 Å². The van der Waals surface area contributed by atoms with Crippen molar-refractivity contribution in [1.29, 1.82) is 0 Å². The average molecular weight is 390 g/mol. The minimum absolute atomic E-state index is 0.000498. The second-order valence-corrected chi connectivity index (χ2v) is 8.15. The van der Waals surface area contributed by atoms with Gasteiger partial charge >= 0.3 is 0 Å². The largest absolute Gasteiger partial charge is 0.335 e. The molecule has 2 aliphatic rings. The summed E-state index contributed by atoms with van der Waals surface area (Å²) >= 11 is 0. The molecule has 1 saturated heterocycles. The number of likely N-dealkylation sites (N-methyl/N-ethyl adjacent to an activating group) is 1. The van der Waals surface area contributed by atoms with E-state index < -0.39 is 0 Å². The lowest BCUT2D eigenvalue weighted by molar-refractivity contribution is 0.0755. The highest BCUT2D eigenvalue weighted by Gasteiger charge is 2.28. The van der Waals surface area contributed by atoms with E-state index in [1.54, 1.807) is 6.20 Å². The predicted molar refractivity (Wildman–Crippen MR) is 111 cm³/mol. The van der Waals surface area contributed by atoms with E-state index in [0.29, 0.717) is 24.7 Å². The Bertz CT molecular complexity index is 1040. The summed E-state index contributed by atoms with van der Waals surface area (Å²) in [6.07, 6.45) is 4.80. The molecule has 0 aliphatic carbocycles. The molecule has 7 nitrogen and oxygen atoms in total. The number of amides is 1. The molecule has 1 fully saturated rings. The molecule has 0 spiro atoms. The van der Waals surface area contributed by atoms with Gasteiger partial charge in [0.25, 0.3) is 5.91 Å². The van der Waals surface area contributed by atoms with Gasteiger partial charge in [0.05, 0.1) is 0 Å².